The first-order chi connectivity index (χ1) is 14.2. The van der Waals surface area contributed by atoms with Gasteiger partial charge in [0.15, 0.2) is 5.82 Å². The van der Waals surface area contributed by atoms with Crippen LogP contribution in [0.4, 0.5) is 11.8 Å². The number of rotatable bonds is 4. The molecule has 0 radical (unpaired) electrons. The van der Waals surface area contributed by atoms with E-state index in [-0.39, 0.29) is 0 Å². The first kappa shape index (κ1) is 18.1. The van der Waals surface area contributed by atoms with Crippen molar-refractivity contribution in [1.29, 1.82) is 0 Å². The van der Waals surface area contributed by atoms with Crippen molar-refractivity contribution in [2.75, 3.05) is 49.2 Å². The molecule has 0 aromatic carbocycles. The quantitative estimate of drug-likeness (QED) is 0.668. The van der Waals surface area contributed by atoms with Crippen LogP contribution in [-0.2, 0) is 11.8 Å². The smallest absolute Gasteiger partial charge is 0.225 e. The van der Waals surface area contributed by atoms with Gasteiger partial charge >= 0.3 is 0 Å². The average molecular weight is 394 g/mol. The second-order valence-electron chi connectivity index (χ2n) is 7.57. The molecule has 5 rings (SSSR count). The minimum absolute atomic E-state index is 0.717. The van der Waals surface area contributed by atoms with Crippen molar-refractivity contribution in [2.45, 2.75) is 19.8 Å². The maximum absolute atomic E-state index is 5.41. The van der Waals surface area contributed by atoms with Crippen LogP contribution in [0.1, 0.15) is 18.5 Å². The molecule has 5 heterocycles. The first-order valence-corrected chi connectivity index (χ1v) is 10.2. The number of aromatic nitrogens is 6. The summed E-state index contributed by atoms with van der Waals surface area (Å²) in [6.45, 7) is 7.27. The lowest BCUT2D eigenvalue weighted by Gasteiger charge is -2.26. The minimum atomic E-state index is 0.717. The molecule has 29 heavy (non-hydrogen) atoms. The molecule has 2 saturated heterocycles. The van der Waals surface area contributed by atoms with Gasteiger partial charge < -0.3 is 14.5 Å². The number of hydrogen-bond acceptors (Lipinski definition) is 7. The molecule has 0 saturated carbocycles. The number of imidazole rings is 1. The van der Waals surface area contributed by atoms with Crippen LogP contribution in [0.25, 0.3) is 17.1 Å². The van der Waals surface area contributed by atoms with Gasteiger partial charge in [-0.2, -0.15) is 5.10 Å². The van der Waals surface area contributed by atoms with Crippen molar-refractivity contribution in [3.8, 4) is 17.1 Å². The Labute approximate surface area is 170 Å². The third-order valence-corrected chi connectivity index (χ3v) is 5.76. The highest BCUT2D eigenvalue weighted by molar-refractivity contribution is 5.66. The molecular formula is C20H26N8O. The molecule has 3 aromatic rings. The van der Waals surface area contributed by atoms with Crippen molar-refractivity contribution in [3.63, 3.8) is 0 Å². The van der Waals surface area contributed by atoms with Crippen LogP contribution in [0.15, 0.2) is 24.8 Å². The van der Waals surface area contributed by atoms with E-state index in [0.29, 0.717) is 0 Å². The second kappa shape index (κ2) is 7.47. The fraction of sp³-hybridized carbons (Fsp3) is 0.500. The monoisotopic (exact) mass is 394 g/mol. The SMILES string of the molecule is Cc1c(-n2ccnc2-c2cnc(N3CCOCC3)nc2)c(N2CCCC2)nn1C. The maximum Gasteiger partial charge on any atom is 0.225 e. The van der Waals surface area contributed by atoms with Gasteiger partial charge in [0.05, 0.1) is 24.5 Å². The molecule has 0 N–H and O–H groups in total. The minimum Gasteiger partial charge on any atom is -0.378 e. The summed E-state index contributed by atoms with van der Waals surface area (Å²) in [5.74, 6) is 2.59. The van der Waals surface area contributed by atoms with Crippen LogP contribution in [-0.4, -0.2) is 68.7 Å². The number of ether oxygens (including phenoxy) is 1. The number of aryl methyl sites for hydroxylation is 1. The fourth-order valence-corrected chi connectivity index (χ4v) is 4.06. The number of nitrogens with zero attached hydrogens (tertiary/aromatic N) is 8. The number of anilines is 2. The molecule has 0 amide bonds. The van der Waals surface area contributed by atoms with Gasteiger partial charge in [-0.05, 0) is 19.8 Å². The van der Waals surface area contributed by atoms with E-state index in [9.17, 15) is 0 Å². The third kappa shape index (κ3) is 3.25. The predicted octanol–water partition coefficient (Wildman–Crippen LogP) is 1.81. The van der Waals surface area contributed by atoms with Crippen molar-refractivity contribution in [3.05, 3.63) is 30.5 Å². The molecule has 2 aliphatic heterocycles. The van der Waals surface area contributed by atoms with Gasteiger partial charge in [0.2, 0.25) is 5.95 Å². The van der Waals surface area contributed by atoms with Crippen molar-refractivity contribution in [2.24, 2.45) is 7.05 Å². The summed E-state index contributed by atoms with van der Waals surface area (Å²) in [6.07, 6.45) is 9.96. The lowest BCUT2D eigenvalue weighted by Crippen LogP contribution is -2.37. The molecule has 2 aliphatic rings. The zero-order chi connectivity index (χ0) is 19.8. The molecule has 0 bridgehead atoms. The van der Waals surface area contributed by atoms with Gasteiger partial charge in [0.25, 0.3) is 0 Å². The van der Waals surface area contributed by atoms with E-state index in [1.807, 2.05) is 36.5 Å². The van der Waals surface area contributed by atoms with E-state index < -0.39 is 0 Å². The molecule has 0 spiro atoms. The topological polar surface area (TPSA) is 77.1 Å². The number of morpholine rings is 1. The molecule has 152 valence electrons. The zero-order valence-electron chi connectivity index (χ0n) is 17.0. The van der Waals surface area contributed by atoms with Crippen LogP contribution < -0.4 is 9.80 Å². The standard InChI is InChI=1S/C20H26N8O/c1-15-17(19(24-25(15)2)26-6-3-4-7-26)28-8-5-21-18(28)16-13-22-20(23-14-16)27-9-11-29-12-10-27/h5,8,13-14H,3-4,6-7,9-12H2,1-2H3. The van der Waals surface area contributed by atoms with Gasteiger partial charge in [0, 0.05) is 58.0 Å². The summed E-state index contributed by atoms with van der Waals surface area (Å²) in [4.78, 5) is 18.3. The van der Waals surface area contributed by atoms with Crippen LogP contribution in [0.2, 0.25) is 0 Å². The predicted molar refractivity (Wildman–Crippen MR) is 111 cm³/mol. The van der Waals surface area contributed by atoms with Gasteiger partial charge in [0.1, 0.15) is 11.5 Å². The fourth-order valence-electron chi connectivity index (χ4n) is 4.06. The van der Waals surface area contributed by atoms with Crippen LogP contribution >= 0.6 is 0 Å². The van der Waals surface area contributed by atoms with E-state index in [1.165, 1.54) is 12.8 Å². The van der Waals surface area contributed by atoms with Crippen molar-refractivity contribution < 1.29 is 4.74 Å². The van der Waals surface area contributed by atoms with E-state index >= 15 is 0 Å². The zero-order valence-corrected chi connectivity index (χ0v) is 17.0. The summed E-state index contributed by atoms with van der Waals surface area (Å²) in [7, 11) is 2.00. The molecular weight excluding hydrogens is 368 g/mol. The highest BCUT2D eigenvalue weighted by atomic mass is 16.5. The molecule has 0 unspecified atom stereocenters. The molecule has 2 fully saturated rings. The Kier molecular flexibility index (Phi) is 4.67. The Morgan fingerprint density at radius 3 is 2.38 bits per heavy atom. The van der Waals surface area contributed by atoms with Gasteiger partial charge in [-0.25, -0.2) is 15.0 Å². The van der Waals surface area contributed by atoms with E-state index in [0.717, 1.165) is 73.9 Å². The Hall–Kier alpha value is -2.94. The Morgan fingerprint density at radius 2 is 1.66 bits per heavy atom. The summed E-state index contributed by atoms with van der Waals surface area (Å²) in [5, 5.41) is 4.80. The van der Waals surface area contributed by atoms with Gasteiger partial charge in [-0.3, -0.25) is 9.25 Å². The summed E-state index contributed by atoms with van der Waals surface area (Å²) < 4.78 is 9.48. The Morgan fingerprint density at radius 1 is 0.931 bits per heavy atom. The van der Waals surface area contributed by atoms with Gasteiger partial charge in [-0.1, -0.05) is 0 Å². The molecule has 9 nitrogen and oxygen atoms in total. The largest absolute Gasteiger partial charge is 0.378 e. The second-order valence-corrected chi connectivity index (χ2v) is 7.57. The highest BCUT2D eigenvalue weighted by Gasteiger charge is 2.25. The normalized spacial score (nSPS) is 17.3. The third-order valence-electron chi connectivity index (χ3n) is 5.76. The van der Waals surface area contributed by atoms with E-state index in [1.54, 1.807) is 0 Å². The lowest BCUT2D eigenvalue weighted by molar-refractivity contribution is 0.122. The molecule has 9 heteroatoms. The Bertz CT molecular complexity index is 981. The molecule has 0 aliphatic carbocycles. The van der Waals surface area contributed by atoms with Crippen LogP contribution in [0.5, 0.6) is 0 Å². The van der Waals surface area contributed by atoms with Crippen LogP contribution in [0, 0.1) is 6.92 Å². The lowest BCUT2D eigenvalue weighted by atomic mass is 10.3. The highest BCUT2D eigenvalue weighted by Crippen LogP contribution is 2.32. The summed E-state index contributed by atoms with van der Waals surface area (Å²) in [5.41, 5.74) is 3.08. The van der Waals surface area contributed by atoms with E-state index in [2.05, 4.69) is 36.2 Å². The average Bonchev–Trinajstić information content (AvgIpc) is 3.50. The van der Waals surface area contributed by atoms with Gasteiger partial charge in [-0.15, -0.1) is 0 Å². The Balaban J connectivity index is 1.50. The molecule has 3 aromatic heterocycles. The van der Waals surface area contributed by atoms with Crippen molar-refractivity contribution >= 4 is 11.8 Å². The van der Waals surface area contributed by atoms with Crippen molar-refractivity contribution in [1.82, 2.24) is 29.3 Å². The van der Waals surface area contributed by atoms with E-state index in [4.69, 9.17) is 9.84 Å². The first-order valence-electron chi connectivity index (χ1n) is 10.2. The summed E-state index contributed by atoms with van der Waals surface area (Å²) >= 11 is 0. The summed E-state index contributed by atoms with van der Waals surface area (Å²) in [6, 6.07) is 0. The number of hydrogen-bond donors (Lipinski definition) is 0. The maximum atomic E-state index is 5.41. The molecule has 0 atom stereocenters. The van der Waals surface area contributed by atoms with Crippen LogP contribution in [0.3, 0.4) is 0 Å².